The summed E-state index contributed by atoms with van der Waals surface area (Å²) >= 11 is 0. The van der Waals surface area contributed by atoms with Crippen molar-refractivity contribution in [1.29, 1.82) is 0 Å². The molecule has 0 amide bonds. The monoisotopic (exact) mass is 304 g/mol. The zero-order chi connectivity index (χ0) is 14.8. The predicted molar refractivity (Wildman–Crippen MR) is 75.7 cm³/mol. The molecule has 3 unspecified atom stereocenters. The fourth-order valence-corrected chi connectivity index (χ4v) is 4.73. The van der Waals surface area contributed by atoms with Crippen molar-refractivity contribution in [2.24, 2.45) is 5.92 Å². The molecule has 0 aromatic heterocycles. The summed E-state index contributed by atoms with van der Waals surface area (Å²) < 4.78 is 30.9. The quantitative estimate of drug-likeness (QED) is 0.758. The minimum atomic E-state index is -3.60. The Bertz CT molecular complexity index is 445. The standard InChI is InChI=1S/C13H24N2O4S/c1-10(13(16)19-2)20(17,18)15-8-4-5-11(9-15)12-6-3-7-14-12/h10-12,14H,3-9H2,1-2H3. The van der Waals surface area contributed by atoms with Crippen LogP contribution in [0.15, 0.2) is 0 Å². The minimum Gasteiger partial charge on any atom is -0.468 e. The van der Waals surface area contributed by atoms with Crippen LogP contribution in [0.3, 0.4) is 0 Å². The van der Waals surface area contributed by atoms with Crippen LogP contribution < -0.4 is 5.32 Å². The van der Waals surface area contributed by atoms with Crippen molar-refractivity contribution in [1.82, 2.24) is 9.62 Å². The van der Waals surface area contributed by atoms with Gasteiger partial charge < -0.3 is 10.1 Å². The Kier molecular flexibility index (Phi) is 5.04. The highest BCUT2D eigenvalue weighted by molar-refractivity contribution is 7.90. The molecule has 2 heterocycles. The highest BCUT2D eigenvalue weighted by Crippen LogP contribution is 2.27. The number of hydrogen-bond donors (Lipinski definition) is 1. The van der Waals surface area contributed by atoms with Crippen LogP contribution in [0.1, 0.15) is 32.6 Å². The number of piperidine rings is 1. The Morgan fingerprint density at radius 3 is 2.70 bits per heavy atom. The average molecular weight is 304 g/mol. The van der Waals surface area contributed by atoms with Gasteiger partial charge in [0.15, 0.2) is 5.25 Å². The lowest BCUT2D eigenvalue weighted by atomic mass is 9.91. The number of esters is 1. The molecule has 6 nitrogen and oxygen atoms in total. The molecule has 3 atom stereocenters. The molecule has 2 aliphatic heterocycles. The van der Waals surface area contributed by atoms with Crippen molar-refractivity contribution in [2.45, 2.75) is 43.9 Å². The van der Waals surface area contributed by atoms with Gasteiger partial charge in [-0.25, -0.2) is 12.7 Å². The summed E-state index contributed by atoms with van der Waals surface area (Å²) in [5.74, 6) is -0.336. The van der Waals surface area contributed by atoms with Crippen molar-refractivity contribution in [3.8, 4) is 0 Å². The van der Waals surface area contributed by atoms with Gasteiger partial charge in [-0.3, -0.25) is 4.79 Å². The van der Waals surface area contributed by atoms with E-state index in [-0.39, 0.29) is 0 Å². The third kappa shape index (κ3) is 3.15. The summed E-state index contributed by atoms with van der Waals surface area (Å²) in [6, 6.07) is 0.418. The summed E-state index contributed by atoms with van der Waals surface area (Å²) in [5.41, 5.74) is 0. The van der Waals surface area contributed by atoms with E-state index in [0.29, 0.717) is 25.0 Å². The summed E-state index contributed by atoms with van der Waals surface area (Å²) in [4.78, 5) is 11.5. The van der Waals surface area contributed by atoms with Gasteiger partial charge in [-0.05, 0) is 45.1 Å². The second-order valence-corrected chi connectivity index (χ2v) is 7.93. The molecule has 0 spiro atoms. The number of nitrogens with zero attached hydrogens (tertiary/aromatic N) is 1. The largest absolute Gasteiger partial charge is 0.468 e. The lowest BCUT2D eigenvalue weighted by Gasteiger charge is -2.35. The van der Waals surface area contributed by atoms with Crippen LogP contribution >= 0.6 is 0 Å². The number of rotatable bonds is 4. The third-order valence-electron chi connectivity index (χ3n) is 4.43. The van der Waals surface area contributed by atoms with Gasteiger partial charge in [0.2, 0.25) is 10.0 Å². The van der Waals surface area contributed by atoms with E-state index in [0.717, 1.165) is 32.2 Å². The molecule has 2 aliphatic rings. The maximum Gasteiger partial charge on any atom is 0.325 e. The molecule has 0 saturated carbocycles. The third-order valence-corrected chi connectivity index (χ3v) is 6.57. The Labute approximate surface area is 120 Å². The number of methoxy groups -OCH3 is 1. The number of nitrogens with one attached hydrogen (secondary N) is 1. The fourth-order valence-electron chi connectivity index (χ4n) is 3.16. The van der Waals surface area contributed by atoms with Crippen LogP contribution in [0.5, 0.6) is 0 Å². The Balaban J connectivity index is 2.05. The maximum atomic E-state index is 12.5. The number of ether oxygens (including phenoxy) is 1. The average Bonchev–Trinajstić information content (AvgIpc) is 3.00. The molecule has 0 aliphatic carbocycles. The number of sulfonamides is 1. The highest BCUT2D eigenvalue weighted by atomic mass is 32.2. The van der Waals surface area contributed by atoms with E-state index in [2.05, 4.69) is 10.1 Å². The fraction of sp³-hybridized carbons (Fsp3) is 0.923. The van der Waals surface area contributed by atoms with Crippen molar-refractivity contribution in [2.75, 3.05) is 26.7 Å². The van der Waals surface area contributed by atoms with E-state index in [1.54, 1.807) is 0 Å². The predicted octanol–water partition coefficient (Wildman–Crippen LogP) is 0.342. The lowest BCUT2D eigenvalue weighted by molar-refractivity contribution is -0.139. The van der Waals surface area contributed by atoms with Crippen molar-refractivity contribution in [3.63, 3.8) is 0 Å². The second-order valence-electron chi connectivity index (χ2n) is 5.67. The molecule has 7 heteroatoms. The first kappa shape index (κ1) is 15.7. The van der Waals surface area contributed by atoms with Gasteiger partial charge in [0.1, 0.15) is 0 Å². The van der Waals surface area contributed by atoms with Crippen LogP contribution in [-0.2, 0) is 19.6 Å². The first-order chi connectivity index (χ1) is 9.46. The molecule has 0 bridgehead atoms. The topological polar surface area (TPSA) is 75.7 Å². The van der Waals surface area contributed by atoms with E-state index in [4.69, 9.17) is 0 Å². The van der Waals surface area contributed by atoms with Crippen molar-refractivity contribution >= 4 is 16.0 Å². The van der Waals surface area contributed by atoms with Crippen molar-refractivity contribution < 1.29 is 17.9 Å². The number of carbonyl (C=O) groups excluding carboxylic acids is 1. The zero-order valence-electron chi connectivity index (χ0n) is 12.2. The SMILES string of the molecule is COC(=O)C(C)S(=O)(=O)N1CCCC(C2CCCN2)C1. The smallest absolute Gasteiger partial charge is 0.325 e. The second kappa shape index (κ2) is 6.41. The van der Waals surface area contributed by atoms with Gasteiger partial charge in [0.25, 0.3) is 0 Å². The molecule has 2 saturated heterocycles. The summed E-state index contributed by atoms with van der Waals surface area (Å²) in [7, 11) is -2.39. The van der Waals surface area contributed by atoms with Crippen LogP contribution in [0.25, 0.3) is 0 Å². The maximum absolute atomic E-state index is 12.5. The molecule has 20 heavy (non-hydrogen) atoms. The molecule has 0 radical (unpaired) electrons. The molecular formula is C13H24N2O4S. The molecule has 116 valence electrons. The summed E-state index contributed by atoms with van der Waals surface area (Å²) in [6.45, 7) is 3.44. The summed E-state index contributed by atoms with van der Waals surface area (Å²) in [6.07, 6.45) is 4.18. The van der Waals surface area contributed by atoms with Gasteiger partial charge in [0, 0.05) is 19.1 Å². The molecule has 2 fully saturated rings. The molecule has 2 rings (SSSR count). The molecule has 1 N–H and O–H groups in total. The highest BCUT2D eigenvalue weighted by Gasteiger charge is 2.39. The van der Waals surface area contributed by atoms with E-state index < -0.39 is 21.2 Å². The number of carbonyl (C=O) groups is 1. The summed E-state index contributed by atoms with van der Waals surface area (Å²) in [5, 5.41) is 2.33. The van der Waals surface area contributed by atoms with Crippen LogP contribution in [0.2, 0.25) is 0 Å². The Morgan fingerprint density at radius 2 is 2.10 bits per heavy atom. The van der Waals surface area contributed by atoms with Crippen LogP contribution in [0, 0.1) is 5.92 Å². The molecular weight excluding hydrogens is 280 g/mol. The Morgan fingerprint density at radius 1 is 1.35 bits per heavy atom. The minimum absolute atomic E-state index is 0.353. The van der Waals surface area contributed by atoms with Gasteiger partial charge >= 0.3 is 5.97 Å². The number of hydrogen-bond acceptors (Lipinski definition) is 5. The first-order valence-corrected chi connectivity index (χ1v) is 8.77. The lowest BCUT2D eigenvalue weighted by Crippen LogP contribution is -2.49. The first-order valence-electron chi connectivity index (χ1n) is 7.27. The van der Waals surface area contributed by atoms with E-state index in [1.807, 2.05) is 0 Å². The normalized spacial score (nSPS) is 30.1. The van der Waals surface area contributed by atoms with Gasteiger partial charge in [-0.1, -0.05) is 0 Å². The van der Waals surface area contributed by atoms with E-state index >= 15 is 0 Å². The van der Waals surface area contributed by atoms with Gasteiger partial charge in [0.05, 0.1) is 7.11 Å². The van der Waals surface area contributed by atoms with Crippen LogP contribution in [0.4, 0.5) is 0 Å². The molecule has 0 aromatic rings. The van der Waals surface area contributed by atoms with Crippen LogP contribution in [-0.4, -0.2) is 56.7 Å². The zero-order valence-corrected chi connectivity index (χ0v) is 13.0. The Hall–Kier alpha value is -0.660. The van der Waals surface area contributed by atoms with E-state index in [1.165, 1.54) is 18.3 Å². The van der Waals surface area contributed by atoms with E-state index in [9.17, 15) is 13.2 Å². The van der Waals surface area contributed by atoms with Gasteiger partial charge in [-0.15, -0.1) is 0 Å². The van der Waals surface area contributed by atoms with Gasteiger partial charge in [-0.2, -0.15) is 0 Å². The molecule has 0 aromatic carbocycles. The van der Waals surface area contributed by atoms with Crippen molar-refractivity contribution in [3.05, 3.63) is 0 Å².